The number of nitrogens with zero attached hydrogens (tertiary/aromatic N) is 1. The number of rotatable bonds is 2. The first kappa shape index (κ1) is 13.6. The number of hydrogen-bond donors (Lipinski definition) is 0. The van der Waals surface area contributed by atoms with E-state index in [4.69, 9.17) is 23.2 Å². The SMILES string of the molecule is ClCc1cc(Cl)ccc1N1CCCC2CCCCC21. The van der Waals surface area contributed by atoms with Crippen molar-refractivity contribution in [3.63, 3.8) is 0 Å². The van der Waals surface area contributed by atoms with Gasteiger partial charge in [0.05, 0.1) is 0 Å². The van der Waals surface area contributed by atoms with Crippen LogP contribution in [0.3, 0.4) is 0 Å². The topological polar surface area (TPSA) is 3.24 Å². The third-order valence-electron chi connectivity index (χ3n) is 4.74. The average Bonchev–Trinajstić information content (AvgIpc) is 2.46. The van der Waals surface area contributed by atoms with E-state index in [1.807, 2.05) is 12.1 Å². The molecule has 2 fully saturated rings. The number of hydrogen-bond acceptors (Lipinski definition) is 1. The van der Waals surface area contributed by atoms with Gasteiger partial charge in [-0.25, -0.2) is 0 Å². The summed E-state index contributed by atoms with van der Waals surface area (Å²) in [6, 6.07) is 6.91. The first-order chi connectivity index (χ1) is 9.29. The molecule has 1 aromatic carbocycles. The van der Waals surface area contributed by atoms with Crippen molar-refractivity contribution in [3.05, 3.63) is 28.8 Å². The van der Waals surface area contributed by atoms with E-state index < -0.39 is 0 Å². The second-order valence-electron chi connectivity index (χ2n) is 5.85. The van der Waals surface area contributed by atoms with E-state index in [2.05, 4.69) is 11.0 Å². The quantitative estimate of drug-likeness (QED) is 0.675. The Bertz CT molecular complexity index is 444. The van der Waals surface area contributed by atoms with Gasteiger partial charge in [0.25, 0.3) is 0 Å². The highest BCUT2D eigenvalue weighted by Gasteiger charge is 2.33. The fourth-order valence-electron chi connectivity index (χ4n) is 3.87. The van der Waals surface area contributed by atoms with Crippen molar-refractivity contribution in [2.75, 3.05) is 11.4 Å². The van der Waals surface area contributed by atoms with Gasteiger partial charge in [-0.2, -0.15) is 0 Å². The summed E-state index contributed by atoms with van der Waals surface area (Å²) in [5.74, 6) is 1.44. The zero-order valence-electron chi connectivity index (χ0n) is 11.2. The number of anilines is 1. The van der Waals surface area contributed by atoms with E-state index in [9.17, 15) is 0 Å². The minimum atomic E-state index is 0.545. The van der Waals surface area contributed by atoms with Crippen LogP contribution in [0.1, 0.15) is 44.1 Å². The van der Waals surface area contributed by atoms with Crippen molar-refractivity contribution in [1.82, 2.24) is 0 Å². The van der Waals surface area contributed by atoms with Gasteiger partial charge in [0.15, 0.2) is 0 Å². The Kier molecular flexibility index (Phi) is 4.24. The lowest BCUT2D eigenvalue weighted by Crippen LogP contribution is -2.47. The largest absolute Gasteiger partial charge is 0.368 e. The maximum atomic E-state index is 6.11. The van der Waals surface area contributed by atoms with Crippen LogP contribution in [0.5, 0.6) is 0 Å². The first-order valence-corrected chi connectivity index (χ1v) is 8.32. The summed E-state index contributed by atoms with van der Waals surface area (Å²) < 4.78 is 0. The van der Waals surface area contributed by atoms with Crippen molar-refractivity contribution < 1.29 is 0 Å². The van der Waals surface area contributed by atoms with Gasteiger partial charge in [-0.15, -0.1) is 11.6 Å². The summed E-state index contributed by atoms with van der Waals surface area (Å²) in [7, 11) is 0. The standard InChI is InChI=1S/C16H21Cl2N/c17-11-13-10-14(18)7-8-16(13)19-9-3-5-12-4-1-2-6-15(12)19/h7-8,10,12,15H,1-6,9,11H2. The zero-order chi connectivity index (χ0) is 13.2. The molecule has 1 saturated heterocycles. The molecule has 0 radical (unpaired) electrons. The highest BCUT2D eigenvalue weighted by molar-refractivity contribution is 6.30. The van der Waals surface area contributed by atoms with E-state index in [-0.39, 0.29) is 0 Å². The number of alkyl halides is 1. The Labute approximate surface area is 125 Å². The highest BCUT2D eigenvalue weighted by atomic mass is 35.5. The van der Waals surface area contributed by atoms with E-state index >= 15 is 0 Å². The van der Waals surface area contributed by atoms with E-state index in [1.54, 1.807) is 0 Å². The number of piperidine rings is 1. The Balaban J connectivity index is 1.91. The molecular weight excluding hydrogens is 277 g/mol. The van der Waals surface area contributed by atoms with Crippen molar-refractivity contribution in [2.24, 2.45) is 5.92 Å². The zero-order valence-corrected chi connectivity index (χ0v) is 12.8. The number of benzene rings is 1. The molecular formula is C16H21Cl2N. The van der Waals surface area contributed by atoms with Crippen LogP contribution in [0.15, 0.2) is 18.2 Å². The molecule has 3 rings (SSSR count). The van der Waals surface area contributed by atoms with Crippen LogP contribution in [0.25, 0.3) is 0 Å². The van der Waals surface area contributed by atoms with Crippen LogP contribution in [-0.4, -0.2) is 12.6 Å². The van der Waals surface area contributed by atoms with E-state index in [1.165, 1.54) is 56.3 Å². The molecule has 19 heavy (non-hydrogen) atoms. The summed E-state index contributed by atoms with van der Waals surface area (Å²) in [5, 5.41) is 0.789. The molecule has 1 aromatic rings. The molecule has 2 unspecified atom stereocenters. The predicted molar refractivity (Wildman–Crippen MR) is 83.3 cm³/mol. The minimum absolute atomic E-state index is 0.545. The Morgan fingerprint density at radius 1 is 1.11 bits per heavy atom. The molecule has 0 aromatic heterocycles. The summed E-state index contributed by atoms with van der Waals surface area (Å²) in [4.78, 5) is 2.61. The number of fused-ring (bicyclic) bond motifs is 1. The minimum Gasteiger partial charge on any atom is -0.368 e. The lowest BCUT2D eigenvalue weighted by molar-refractivity contribution is 0.243. The smallest absolute Gasteiger partial charge is 0.0495 e. The lowest BCUT2D eigenvalue weighted by atomic mass is 9.78. The van der Waals surface area contributed by atoms with Crippen LogP contribution in [0.2, 0.25) is 5.02 Å². The molecule has 1 aliphatic heterocycles. The molecule has 3 heteroatoms. The summed E-state index contributed by atoms with van der Waals surface area (Å²) in [6.07, 6.45) is 8.26. The molecule has 1 aliphatic carbocycles. The van der Waals surface area contributed by atoms with Gasteiger partial charge in [0.1, 0.15) is 0 Å². The Morgan fingerprint density at radius 3 is 2.74 bits per heavy atom. The normalized spacial score (nSPS) is 27.2. The fourth-order valence-corrected chi connectivity index (χ4v) is 4.27. The molecule has 1 heterocycles. The third-order valence-corrected chi connectivity index (χ3v) is 5.26. The highest BCUT2D eigenvalue weighted by Crippen LogP contribution is 2.39. The second-order valence-corrected chi connectivity index (χ2v) is 6.56. The molecule has 0 amide bonds. The van der Waals surface area contributed by atoms with Gasteiger partial charge < -0.3 is 4.90 Å². The van der Waals surface area contributed by atoms with Gasteiger partial charge in [-0.1, -0.05) is 24.4 Å². The van der Waals surface area contributed by atoms with E-state index in [0.29, 0.717) is 5.88 Å². The fraction of sp³-hybridized carbons (Fsp3) is 0.625. The van der Waals surface area contributed by atoms with Crippen LogP contribution < -0.4 is 4.90 Å². The molecule has 0 spiro atoms. The van der Waals surface area contributed by atoms with Crippen LogP contribution in [0.4, 0.5) is 5.69 Å². The molecule has 0 bridgehead atoms. The molecule has 0 N–H and O–H groups in total. The second kappa shape index (κ2) is 5.93. The van der Waals surface area contributed by atoms with Crippen molar-refractivity contribution in [2.45, 2.75) is 50.4 Å². The van der Waals surface area contributed by atoms with Gasteiger partial charge in [0.2, 0.25) is 0 Å². The van der Waals surface area contributed by atoms with Crippen LogP contribution in [-0.2, 0) is 5.88 Å². The first-order valence-electron chi connectivity index (χ1n) is 7.40. The number of halogens is 2. The monoisotopic (exact) mass is 297 g/mol. The molecule has 1 nitrogen and oxygen atoms in total. The lowest BCUT2D eigenvalue weighted by Gasteiger charge is -2.46. The van der Waals surface area contributed by atoms with E-state index in [0.717, 1.165) is 17.0 Å². The van der Waals surface area contributed by atoms with Crippen molar-refractivity contribution >= 4 is 28.9 Å². The Hall–Kier alpha value is -0.400. The average molecular weight is 298 g/mol. The van der Waals surface area contributed by atoms with Gasteiger partial charge in [-0.05, 0) is 55.4 Å². The van der Waals surface area contributed by atoms with Gasteiger partial charge in [0, 0.05) is 29.2 Å². The maximum absolute atomic E-state index is 6.11. The van der Waals surface area contributed by atoms with Crippen molar-refractivity contribution in [3.8, 4) is 0 Å². The molecule has 2 aliphatic rings. The molecule has 2 atom stereocenters. The van der Waals surface area contributed by atoms with Gasteiger partial charge >= 0.3 is 0 Å². The van der Waals surface area contributed by atoms with Gasteiger partial charge in [-0.3, -0.25) is 0 Å². The van der Waals surface area contributed by atoms with Crippen LogP contribution >= 0.6 is 23.2 Å². The third kappa shape index (κ3) is 2.73. The molecule has 104 valence electrons. The maximum Gasteiger partial charge on any atom is 0.0495 e. The van der Waals surface area contributed by atoms with Crippen molar-refractivity contribution in [1.29, 1.82) is 0 Å². The van der Waals surface area contributed by atoms with Crippen LogP contribution in [0, 0.1) is 5.92 Å². The summed E-state index contributed by atoms with van der Waals surface area (Å²) in [5.41, 5.74) is 2.50. The Morgan fingerprint density at radius 2 is 1.89 bits per heavy atom. The summed E-state index contributed by atoms with van der Waals surface area (Å²) in [6.45, 7) is 1.17. The molecule has 1 saturated carbocycles. The summed E-state index contributed by atoms with van der Waals surface area (Å²) >= 11 is 12.2. The predicted octanol–water partition coefficient (Wildman–Crippen LogP) is 5.24.